The third kappa shape index (κ3) is 1.17. The van der Waals surface area contributed by atoms with E-state index in [0.717, 1.165) is 19.5 Å². The van der Waals surface area contributed by atoms with Gasteiger partial charge < -0.3 is 5.32 Å². The molecule has 0 spiro atoms. The third-order valence-corrected chi connectivity index (χ3v) is 2.08. The topological polar surface area (TPSA) is 48.7 Å². The highest BCUT2D eigenvalue weighted by molar-refractivity contribution is 5.33. The smallest absolute Gasteiger partial charge is 0.140 e. The fraction of sp³-hybridized carbons (Fsp3) is 0.333. The number of aromatic nitrogens is 1. The van der Waals surface area contributed by atoms with Crippen molar-refractivity contribution in [3.8, 4) is 6.07 Å². The number of nitriles is 1. The lowest BCUT2D eigenvalue weighted by Crippen LogP contribution is -2.23. The Labute approximate surface area is 71.0 Å². The summed E-state index contributed by atoms with van der Waals surface area (Å²) in [5, 5.41) is 11.9. The normalized spacial score (nSPS) is 14.9. The Kier molecular flexibility index (Phi) is 1.77. The summed E-state index contributed by atoms with van der Waals surface area (Å²) in [6.45, 7) is 1.88. The zero-order valence-electron chi connectivity index (χ0n) is 6.67. The highest BCUT2D eigenvalue weighted by Crippen LogP contribution is 2.12. The van der Waals surface area contributed by atoms with E-state index in [1.54, 1.807) is 0 Å². The molecule has 0 bridgehead atoms. The highest BCUT2D eigenvalue weighted by Gasteiger charge is 2.08. The van der Waals surface area contributed by atoms with Crippen molar-refractivity contribution in [1.82, 2.24) is 10.3 Å². The lowest BCUT2D eigenvalue weighted by Gasteiger charge is -2.15. The summed E-state index contributed by atoms with van der Waals surface area (Å²) >= 11 is 0. The van der Waals surface area contributed by atoms with Gasteiger partial charge in [-0.05, 0) is 30.2 Å². The van der Waals surface area contributed by atoms with Crippen LogP contribution in [0.2, 0.25) is 0 Å². The first-order valence-corrected chi connectivity index (χ1v) is 3.99. The molecule has 1 aromatic rings. The summed E-state index contributed by atoms with van der Waals surface area (Å²) in [5.74, 6) is 0. The zero-order valence-corrected chi connectivity index (χ0v) is 6.67. The number of rotatable bonds is 0. The summed E-state index contributed by atoms with van der Waals surface area (Å²) in [5.41, 5.74) is 3.00. The van der Waals surface area contributed by atoms with Gasteiger partial charge in [0.1, 0.15) is 11.8 Å². The molecule has 0 saturated heterocycles. The quantitative estimate of drug-likeness (QED) is 0.603. The number of pyridine rings is 1. The van der Waals surface area contributed by atoms with E-state index >= 15 is 0 Å². The molecular formula is C9H9N3. The van der Waals surface area contributed by atoms with Crippen LogP contribution < -0.4 is 5.32 Å². The molecule has 0 aliphatic carbocycles. The molecule has 12 heavy (non-hydrogen) atoms. The van der Waals surface area contributed by atoms with Crippen molar-refractivity contribution in [2.45, 2.75) is 13.0 Å². The maximum Gasteiger partial charge on any atom is 0.140 e. The zero-order chi connectivity index (χ0) is 8.39. The van der Waals surface area contributed by atoms with Crippen molar-refractivity contribution < 1.29 is 0 Å². The molecule has 0 aromatic carbocycles. The molecule has 0 amide bonds. The maximum absolute atomic E-state index is 8.61. The monoisotopic (exact) mass is 159 g/mol. The molecule has 0 fully saturated rings. The first-order valence-electron chi connectivity index (χ1n) is 3.99. The van der Waals surface area contributed by atoms with Gasteiger partial charge in [-0.2, -0.15) is 5.26 Å². The summed E-state index contributed by atoms with van der Waals surface area (Å²) in [7, 11) is 0. The minimum absolute atomic E-state index is 0.512. The van der Waals surface area contributed by atoms with Crippen molar-refractivity contribution in [3.05, 3.63) is 29.1 Å². The van der Waals surface area contributed by atoms with Gasteiger partial charge in [0.2, 0.25) is 0 Å². The lowest BCUT2D eigenvalue weighted by atomic mass is 10.0. The summed E-state index contributed by atoms with van der Waals surface area (Å²) in [4.78, 5) is 4.02. The number of nitrogens with zero attached hydrogens (tertiary/aromatic N) is 2. The second-order valence-corrected chi connectivity index (χ2v) is 2.88. The van der Waals surface area contributed by atoms with Gasteiger partial charge >= 0.3 is 0 Å². The van der Waals surface area contributed by atoms with E-state index in [1.807, 2.05) is 18.3 Å². The molecule has 1 aromatic heterocycles. The van der Waals surface area contributed by atoms with E-state index in [4.69, 9.17) is 5.26 Å². The van der Waals surface area contributed by atoms with Crippen molar-refractivity contribution in [2.75, 3.05) is 6.54 Å². The van der Waals surface area contributed by atoms with Crippen LogP contribution >= 0.6 is 0 Å². The standard InChI is InChI=1S/C9H9N3/c10-4-9-3-8-5-11-2-1-7(8)6-12-9/h3,6,11H,1-2,5H2. The molecule has 3 nitrogen and oxygen atoms in total. The molecule has 3 heteroatoms. The molecule has 1 aliphatic heterocycles. The van der Waals surface area contributed by atoms with Crippen molar-refractivity contribution in [2.24, 2.45) is 0 Å². The Morgan fingerprint density at radius 3 is 3.25 bits per heavy atom. The average Bonchev–Trinajstić information content (AvgIpc) is 2.17. The fourth-order valence-electron chi connectivity index (χ4n) is 1.42. The van der Waals surface area contributed by atoms with Gasteiger partial charge in [0.15, 0.2) is 0 Å². The van der Waals surface area contributed by atoms with Crippen LogP contribution in [0.4, 0.5) is 0 Å². The molecule has 1 aliphatic rings. The molecular weight excluding hydrogens is 150 g/mol. The minimum Gasteiger partial charge on any atom is -0.312 e. The Morgan fingerprint density at radius 2 is 2.42 bits per heavy atom. The van der Waals surface area contributed by atoms with Crippen LogP contribution in [-0.4, -0.2) is 11.5 Å². The van der Waals surface area contributed by atoms with Crippen LogP contribution in [0.1, 0.15) is 16.8 Å². The Balaban J connectivity index is 2.44. The van der Waals surface area contributed by atoms with Crippen LogP contribution in [0.3, 0.4) is 0 Å². The van der Waals surface area contributed by atoms with Crippen LogP contribution in [0.5, 0.6) is 0 Å². The highest BCUT2D eigenvalue weighted by atomic mass is 14.9. The van der Waals surface area contributed by atoms with Crippen LogP contribution in [0.15, 0.2) is 12.3 Å². The van der Waals surface area contributed by atoms with Gasteiger partial charge in [-0.25, -0.2) is 4.98 Å². The van der Waals surface area contributed by atoms with E-state index < -0.39 is 0 Å². The van der Waals surface area contributed by atoms with E-state index in [-0.39, 0.29) is 0 Å². The third-order valence-electron chi connectivity index (χ3n) is 2.08. The van der Waals surface area contributed by atoms with E-state index in [2.05, 4.69) is 10.3 Å². The second-order valence-electron chi connectivity index (χ2n) is 2.88. The van der Waals surface area contributed by atoms with Crippen LogP contribution in [0, 0.1) is 11.3 Å². The maximum atomic E-state index is 8.61. The predicted molar refractivity (Wildman–Crippen MR) is 44.4 cm³/mol. The van der Waals surface area contributed by atoms with Crippen molar-refractivity contribution in [3.63, 3.8) is 0 Å². The van der Waals surface area contributed by atoms with Crippen LogP contribution in [0.25, 0.3) is 0 Å². The largest absolute Gasteiger partial charge is 0.312 e. The molecule has 1 N–H and O–H groups in total. The minimum atomic E-state index is 0.512. The number of nitrogens with one attached hydrogen (secondary N) is 1. The number of hydrogen-bond acceptors (Lipinski definition) is 3. The van der Waals surface area contributed by atoms with E-state index in [9.17, 15) is 0 Å². The molecule has 2 heterocycles. The van der Waals surface area contributed by atoms with Gasteiger partial charge in [-0.15, -0.1) is 0 Å². The van der Waals surface area contributed by atoms with Crippen molar-refractivity contribution >= 4 is 0 Å². The first kappa shape index (κ1) is 7.26. The summed E-state index contributed by atoms with van der Waals surface area (Å²) in [6.07, 6.45) is 2.84. The molecule has 0 unspecified atom stereocenters. The van der Waals surface area contributed by atoms with Crippen LogP contribution in [-0.2, 0) is 13.0 Å². The SMILES string of the molecule is N#Cc1cc2c(cn1)CCNC2. The molecule has 0 atom stereocenters. The average molecular weight is 159 g/mol. The number of fused-ring (bicyclic) bond motifs is 1. The predicted octanol–water partition coefficient (Wildman–Crippen LogP) is 0.599. The Bertz CT molecular complexity index is 338. The summed E-state index contributed by atoms with van der Waals surface area (Å²) in [6, 6.07) is 3.90. The number of hydrogen-bond donors (Lipinski definition) is 1. The Morgan fingerprint density at radius 1 is 1.50 bits per heavy atom. The fourth-order valence-corrected chi connectivity index (χ4v) is 1.42. The first-order chi connectivity index (χ1) is 5.90. The van der Waals surface area contributed by atoms with Gasteiger partial charge in [-0.1, -0.05) is 0 Å². The van der Waals surface area contributed by atoms with Gasteiger partial charge in [0.25, 0.3) is 0 Å². The van der Waals surface area contributed by atoms with Gasteiger partial charge in [0, 0.05) is 12.7 Å². The molecule has 60 valence electrons. The van der Waals surface area contributed by atoms with Crippen molar-refractivity contribution in [1.29, 1.82) is 5.26 Å². The van der Waals surface area contributed by atoms with Gasteiger partial charge in [0.05, 0.1) is 0 Å². The lowest BCUT2D eigenvalue weighted by molar-refractivity contribution is 0.640. The molecule has 2 rings (SSSR count). The second kappa shape index (κ2) is 2.92. The summed E-state index contributed by atoms with van der Waals surface area (Å²) < 4.78 is 0. The molecule has 0 saturated carbocycles. The van der Waals surface area contributed by atoms with Gasteiger partial charge in [-0.3, -0.25) is 0 Å². The molecule has 0 radical (unpaired) electrons. The Hall–Kier alpha value is -1.40. The van der Waals surface area contributed by atoms with E-state index in [1.165, 1.54) is 11.1 Å². The van der Waals surface area contributed by atoms with E-state index in [0.29, 0.717) is 5.69 Å².